The topological polar surface area (TPSA) is 80.9 Å². The Balaban J connectivity index is 2.16. The Labute approximate surface area is 242 Å². The number of rotatable bonds is 28. The van der Waals surface area contributed by atoms with E-state index in [0.717, 1.165) is 63.2 Å². The smallest absolute Gasteiger partial charge is 0.0431 e. The van der Waals surface area contributed by atoms with Gasteiger partial charge in [0.1, 0.15) is 0 Å². The molecule has 1 fully saturated rings. The van der Waals surface area contributed by atoms with Crippen LogP contribution in [-0.4, -0.2) is 46.9 Å². The minimum Gasteiger partial charge on any atom is -0.396 e. The lowest BCUT2D eigenvalue weighted by atomic mass is 9.51. The summed E-state index contributed by atoms with van der Waals surface area (Å²) < 4.78 is 0. The number of allylic oxidation sites excluding steroid dienone is 2. The van der Waals surface area contributed by atoms with Gasteiger partial charge in [-0.3, -0.25) is 0 Å². The third-order valence-electron chi connectivity index (χ3n) is 10.6. The molecule has 4 nitrogen and oxygen atoms in total. The van der Waals surface area contributed by atoms with Crippen molar-refractivity contribution in [1.29, 1.82) is 0 Å². The molecular formula is C35H66O4. The molecule has 0 amide bonds. The molecule has 2 bridgehead atoms. The van der Waals surface area contributed by atoms with Crippen molar-refractivity contribution in [3.63, 3.8) is 0 Å². The van der Waals surface area contributed by atoms with Crippen molar-refractivity contribution >= 4 is 0 Å². The van der Waals surface area contributed by atoms with Crippen LogP contribution in [0.1, 0.15) is 161 Å². The van der Waals surface area contributed by atoms with Crippen LogP contribution in [0.3, 0.4) is 0 Å². The van der Waals surface area contributed by atoms with Gasteiger partial charge in [0.25, 0.3) is 0 Å². The van der Waals surface area contributed by atoms with Crippen molar-refractivity contribution in [2.24, 2.45) is 22.7 Å². The summed E-state index contributed by atoms with van der Waals surface area (Å²) in [5, 5.41) is 36.8. The molecule has 2 aliphatic rings. The maximum atomic E-state index is 9.21. The van der Waals surface area contributed by atoms with Gasteiger partial charge in [0.05, 0.1) is 0 Å². The van der Waals surface area contributed by atoms with Gasteiger partial charge in [0, 0.05) is 26.4 Å². The summed E-state index contributed by atoms with van der Waals surface area (Å²) in [6.07, 6.45) is 36.1. The van der Waals surface area contributed by atoms with Gasteiger partial charge in [0.2, 0.25) is 0 Å². The maximum Gasteiger partial charge on any atom is 0.0431 e. The van der Waals surface area contributed by atoms with E-state index in [1.807, 2.05) is 0 Å². The Hall–Kier alpha value is -0.420. The van der Waals surface area contributed by atoms with E-state index in [0.29, 0.717) is 37.3 Å². The van der Waals surface area contributed by atoms with E-state index in [9.17, 15) is 20.4 Å². The van der Waals surface area contributed by atoms with E-state index in [1.165, 1.54) is 109 Å². The average Bonchev–Trinajstić information content (AvgIpc) is 3.53. The van der Waals surface area contributed by atoms with E-state index in [2.05, 4.69) is 12.2 Å². The van der Waals surface area contributed by atoms with Gasteiger partial charge < -0.3 is 20.4 Å². The minimum absolute atomic E-state index is 0.328. The van der Waals surface area contributed by atoms with Gasteiger partial charge in [-0.25, -0.2) is 0 Å². The highest BCUT2D eigenvalue weighted by Gasteiger charge is 2.63. The zero-order valence-corrected chi connectivity index (χ0v) is 25.6. The highest BCUT2D eigenvalue weighted by Crippen LogP contribution is 2.71. The van der Waals surface area contributed by atoms with Gasteiger partial charge in [-0.2, -0.15) is 0 Å². The number of unbranched alkanes of at least 4 members (excludes halogenated alkanes) is 16. The predicted molar refractivity (Wildman–Crippen MR) is 165 cm³/mol. The second-order valence-electron chi connectivity index (χ2n) is 13.1. The van der Waals surface area contributed by atoms with Crippen molar-refractivity contribution < 1.29 is 20.4 Å². The molecule has 230 valence electrons. The lowest BCUT2D eigenvalue weighted by Gasteiger charge is -2.54. The van der Waals surface area contributed by atoms with Crippen LogP contribution < -0.4 is 0 Å². The Bertz CT molecular complexity index is 521. The van der Waals surface area contributed by atoms with Gasteiger partial charge in [0.15, 0.2) is 0 Å². The molecule has 0 aliphatic heterocycles. The van der Waals surface area contributed by atoms with Gasteiger partial charge in [-0.1, -0.05) is 115 Å². The summed E-state index contributed by atoms with van der Waals surface area (Å²) >= 11 is 0. The van der Waals surface area contributed by atoms with Crippen molar-refractivity contribution in [3.8, 4) is 0 Å². The molecule has 0 saturated heterocycles. The fourth-order valence-corrected chi connectivity index (χ4v) is 8.57. The lowest BCUT2D eigenvalue weighted by molar-refractivity contribution is -0.0229. The third kappa shape index (κ3) is 11.1. The van der Waals surface area contributed by atoms with Crippen LogP contribution in [0.2, 0.25) is 0 Å². The molecule has 0 radical (unpaired) electrons. The number of aliphatic hydroxyl groups excluding tert-OH is 4. The van der Waals surface area contributed by atoms with E-state index in [1.54, 1.807) is 0 Å². The standard InChI is InChI=1S/C35H66O4/c36-27-17-9-1-5-13-23-34(24-14-6-2-10-18-28-37)32-21-22-33(31-32)35(34,25-15-7-3-11-19-29-38)26-16-8-4-12-20-30-39/h21-22,32-33,36-39H,1-20,23-31H2. The van der Waals surface area contributed by atoms with E-state index >= 15 is 0 Å². The van der Waals surface area contributed by atoms with Crippen molar-refractivity contribution in [2.75, 3.05) is 26.4 Å². The molecule has 0 aromatic rings. The maximum absolute atomic E-state index is 9.21. The molecule has 0 spiro atoms. The molecule has 2 aliphatic carbocycles. The summed E-state index contributed by atoms with van der Waals surface area (Å²) in [6.45, 7) is 1.31. The first-order chi connectivity index (χ1) is 19.2. The lowest BCUT2D eigenvalue weighted by Crippen LogP contribution is -2.45. The second kappa shape index (κ2) is 21.3. The minimum atomic E-state index is 0.328. The van der Waals surface area contributed by atoms with Crippen LogP contribution >= 0.6 is 0 Å². The fourth-order valence-electron chi connectivity index (χ4n) is 8.57. The van der Waals surface area contributed by atoms with Gasteiger partial charge in [-0.15, -0.1) is 0 Å². The fraction of sp³-hybridized carbons (Fsp3) is 0.943. The van der Waals surface area contributed by atoms with E-state index in [4.69, 9.17) is 0 Å². The highest BCUT2D eigenvalue weighted by atomic mass is 16.3. The van der Waals surface area contributed by atoms with E-state index in [-0.39, 0.29) is 0 Å². The van der Waals surface area contributed by atoms with E-state index < -0.39 is 0 Å². The molecule has 4 heteroatoms. The summed E-state index contributed by atoms with van der Waals surface area (Å²) in [5.41, 5.74) is 0.882. The summed E-state index contributed by atoms with van der Waals surface area (Å²) in [7, 11) is 0. The van der Waals surface area contributed by atoms with Crippen LogP contribution in [-0.2, 0) is 0 Å². The first-order valence-corrected chi connectivity index (χ1v) is 17.3. The Kier molecular flexibility index (Phi) is 19.0. The molecule has 0 aromatic heterocycles. The molecule has 2 unspecified atom stereocenters. The highest BCUT2D eigenvalue weighted by molar-refractivity contribution is 5.24. The summed E-state index contributed by atoms with van der Waals surface area (Å²) in [4.78, 5) is 0. The molecule has 4 N–H and O–H groups in total. The van der Waals surface area contributed by atoms with Crippen LogP contribution in [0.5, 0.6) is 0 Å². The van der Waals surface area contributed by atoms with Crippen molar-refractivity contribution in [3.05, 3.63) is 12.2 Å². The number of aliphatic hydroxyl groups is 4. The quantitative estimate of drug-likeness (QED) is 0.0581. The molecule has 2 atom stereocenters. The van der Waals surface area contributed by atoms with Crippen LogP contribution in [0.4, 0.5) is 0 Å². The molecule has 2 rings (SSSR count). The molecule has 0 aromatic carbocycles. The van der Waals surface area contributed by atoms with Crippen LogP contribution in [0.15, 0.2) is 12.2 Å². The molecule has 0 heterocycles. The number of hydrogen-bond donors (Lipinski definition) is 4. The monoisotopic (exact) mass is 550 g/mol. The zero-order valence-electron chi connectivity index (χ0n) is 25.6. The predicted octanol–water partition coefficient (Wildman–Crippen LogP) is 8.50. The third-order valence-corrected chi connectivity index (χ3v) is 10.6. The zero-order chi connectivity index (χ0) is 28.1. The second-order valence-corrected chi connectivity index (χ2v) is 13.1. The van der Waals surface area contributed by atoms with Crippen LogP contribution in [0, 0.1) is 22.7 Å². The first kappa shape index (κ1) is 34.8. The molecular weight excluding hydrogens is 484 g/mol. The Morgan fingerprint density at radius 1 is 0.359 bits per heavy atom. The first-order valence-electron chi connectivity index (χ1n) is 17.3. The van der Waals surface area contributed by atoms with Crippen molar-refractivity contribution in [2.45, 2.75) is 161 Å². The normalized spacial score (nSPS) is 20.8. The Morgan fingerprint density at radius 2 is 0.590 bits per heavy atom. The molecule has 39 heavy (non-hydrogen) atoms. The Morgan fingerprint density at radius 3 is 0.846 bits per heavy atom. The van der Waals surface area contributed by atoms with Gasteiger partial charge in [-0.05, 0) is 80.5 Å². The SMILES string of the molecule is OCCCCCCCC1(CCCCCCCO)C2C=CC(C2)C1(CCCCCCCO)CCCCCCCO. The van der Waals surface area contributed by atoms with Gasteiger partial charge >= 0.3 is 0 Å². The van der Waals surface area contributed by atoms with Crippen molar-refractivity contribution in [1.82, 2.24) is 0 Å². The number of fused-ring (bicyclic) bond motifs is 2. The summed E-state index contributed by atoms with van der Waals surface area (Å²) in [5.74, 6) is 1.50. The summed E-state index contributed by atoms with van der Waals surface area (Å²) in [6, 6.07) is 0. The largest absolute Gasteiger partial charge is 0.396 e. The molecule has 1 saturated carbocycles. The van der Waals surface area contributed by atoms with Crippen LogP contribution in [0.25, 0.3) is 0 Å². The number of hydrogen-bond acceptors (Lipinski definition) is 4. The average molecular weight is 551 g/mol.